The van der Waals surface area contributed by atoms with Crippen molar-refractivity contribution in [3.8, 4) is 5.75 Å². The van der Waals surface area contributed by atoms with Gasteiger partial charge in [0, 0.05) is 30.6 Å². The first-order chi connectivity index (χ1) is 14.3. The number of hydrogen-bond donors (Lipinski definition) is 3. The third kappa shape index (κ3) is 6.96. The topological polar surface area (TPSA) is 68.6 Å². The highest BCUT2D eigenvalue weighted by molar-refractivity contribution is 5.76. The predicted molar refractivity (Wildman–Crippen MR) is 120 cm³/mol. The molecule has 1 aromatic rings. The first-order valence-electron chi connectivity index (χ1n) is 11.5. The number of ether oxygens (including phenoxy) is 2. The second kappa shape index (κ2) is 11.7. The van der Waals surface area contributed by atoms with Crippen molar-refractivity contribution in [1.82, 2.24) is 5.32 Å². The van der Waals surface area contributed by atoms with E-state index in [-0.39, 0.29) is 16.9 Å². The summed E-state index contributed by atoms with van der Waals surface area (Å²) in [7, 11) is 6.05. The molecule has 0 bridgehead atoms. The Balaban J connectivity index is 1.99. The fraction of sp³-hybridized carbons (Fsp3) is 0.708. The summed E-state index contributed by atoms with van der Waals surface area (Å²) in [6.45, 7) is 8.44. The Bertz CT molecular complexity index is 667. The van der Waals surface area contributed by atoms with Crippen LogP contribution >= 0.6 is 0 Å². The highest BCUT2D eigenvalue weighted by Gasteiger charge is 2.44. The van der Waals surface area contributed by atoms with Crippen LogP contribution in [0.1, 0.15) is 51.5 Å². The van der Waals surface area contributed by atoms with Gasteiger partial charge in [0.15, 0.2) is 6.54 Å². The first kappa shape index (κ1) is 24.6. The minimum atomic E-state index is -0.148. The molecule has 1 amide bonds. The average Bonchev–Trinajstić information content (AvgIpc) is 2.73. The molecule has 1 heterocycles. The summed E-state index contributed by atoms with van der Waals surface area (Å²) in [6, 6.07) is 8.33. The maximum absolute atomic E-state index is 12.3. The molecule has 1 aliphatic rings. The lowest BCUT2D eigenvalue weighted by Gasteiger charge is -2.47. The van der Waals surface area contributed by atoms with E-state index in [1.54, 1.807) is 7.11 Å². The van der Waals surface area contributed by atoms with Crippen molar-refractivity contribution in [2.75, 3.05) is 54.0 Å². The second-order valence-corrected chi connectivity index (χ2v) is 9.25. The summed E-state index contributed by atoms with van der Waals surface area (Å²) in [5, 5.41) is 5.26. The van der Waals surface area contributed by atoms with Gasteiger partial charge < -0.3 is 25.0 Å². The molecule has 1 fully saturated rings. The van der Waals surface area contributed by atoms with Gasteiger partial charge in [0.1, 0.15) is 5.75 Å². The van der Waals surface area contributed by atoms with E-state index >= 15 is 0 Å². The third-order valence-electron chi connectivity index (χ3n) is 6.51. The van der Waals surface area contributed by atoms with Crippen LogP contribution in [0.15, 0.2) is 24.3 Å². The molecule has 1 saturated heterocycles. The molecule has 30 heavy (non-hydrogen) atoms. The van der Waals surface area contributed by atoms with Gasteiger partial charge in [-0.2, -0.15) is 0 Å². The fourth-order valence-corrected chi connectivity index (χ4v) is 4.58. The van der Waals surface area contributed by atoms with E-state index in [1.807, 2.05) is 12.1 Å². The standard InChI is InChI=1S/C24H41N3O3/c1-6-23(2)19-24(13-17-30-23,20-10-7-8-11-21(20)29-5)12-15-26-22(28)18-25-14-9-16-27(3)4/h7-8,10-11,25H,6,9,12-19H2,1-5H3,(H,26,28)/p+2/t23-,24-/m1/s1. The second-order valence-electron chi connectivity index (χ2n) is 9.25. The predicted octanol–water partition coefficient (Wildman–Crippen LogP) is 0.516. The summed E-state index contributed by atoms with van der Waals surface area (Å²) < 4.78 is 11.9. The Morgan fingerprint density at radius 2 is 2.10 bits per heavy atom. The molecular weight excluding hydrogens is 378 g/mol. The Hall–Kier alpha value is -1.63. The number of hydrogen-bond acceptors (Lipinski definition) is 3. The molecule has 0 radical (unpaired) electrons. The molecule has 1 aliphatic heterocycles. The van der Waals surface area contributed by atoms with Crippen molar-refractivity contribution in [3.05, 3.63) is 29.8 Å². The van der Waals surface area contributed by atoms with Crippen LogP contribution in [0, 0.1) is 0 Å². The van der Waals surface area contributed by atoms with E-state index in [0.717, 1.165) is 57.6 Å². The number of nitrogens with two attached hydrogens (primary N) is 1. The quantitative estimate of drug-likeness (QED) is 0.431. The highest BCUT2D eigenvalue weighted by Crippen LogP contribution is 2.47. The van der Waals surface area contributed by atoms with Crippen LogP contribution in [0.3, 0.4) is 0 Å². The lowest BCUT2D eigenvalue weighted by atomic mass is 9.66. The van der Waals surface area contributed by atoms with Crippen LogP contribution in [-0.2, 0) is 14.9 Å². The van der Waals surface area contributed by atoms with Crippen molar-refractivity contribution in [3.63, 3.8) is 0 Å². The number of carbonyl (C=O) groups excluding carboxylic acids is 1. The summed E-state index contributed by atoms with van der Waals surface area (Å²) in [5.74, 6) is 1.05. The zero-order valence-electron chi connectivity index (χ0n) is 19.7. The van der Waals surface area contributed by atoms with Crippen molar-refractivity contribution in [2.45, 2.75) is 57.0 Å². The summed E-state index contributed by atoms with van der Waals surface area (Å²) in [6.07, 6.45) is 4.87. The van der Waals surface area contributed by atoms with E-state index in [1.165, 1.54) is 10.5 Å². The number of amides is 1. The maximum Gasteiger partial charge on any atom is 0.275 e. The van der Waals surface area contributed by atoms with Crippen LogP contribution in [0.4, 0.5) is 0 Å². The molecule has 2 rings (SSSR count). The third-order valence-corrected chi connectivity index (χ3v) is 6.51. The first-order valence-corrected chi connectivity index (χ1v) is 11.5. The molecule has 0 aliphatic carbocycles. The van der Waals surface area contributed by atoms with Gasteiger partial charge in [0.2, 0.25) is 0 Å². The largest absolute Gasteiger partial charge is 0.496 e. The van der Waals surface area contributed by atoms with Crippen LogP contribution in [0.5, 0.6) is 5.75 Å². The molecule has 0 aromatic heterocycles. The van der Waals surface area contributed by atoms with Crippen LogP contribution in [-0.4, -0.2) is 65.5 Å². The SMILES string of the molecule is CC[C@]1(C)C[C@](CCNC(=O)C[NH2+]CCC[NH+](C)C)(c2ccccc2OC)CCO1. The number of methoxy groups -OCH3 is 1. The van der Waals surface area contributed by atoms with Gasteiger partial charge in [-0.25, -0.2) is 0 Å². The van der Waals surface area contributed by atoms with Gasteiger partial charge in [0.05, 0.1) is 39.9 Å². The molecule has 0 saturated carbocycles. The van der Waals surface area contributed by atoms with Crippen LogP contribution in [0.25, 0.3) is 0 Å². The molecule has 1 aromatic carbocycles. The molecule has 6 nitrogen and oxygen atoms in total. The number of quaternary nitrogens is 2. The van der Waals surface area contributed by atoms with E-state index < -0.39 is 0 Å². The molecular formula is C24H43N3O3+2. The summed E-state index contributed by atoms with van der Waals surface area (Å²) >= 11 is 0. The number of nitrogens with one attached hydrogen (secondary N) is 2. The molecule has 0 spiro atoms. The van der Waals surface area contributed by atoms with E-state index in [9.17, 15) is 4.79 Å². The van der Waals surface area contributed by atoms with Crippen molar-refractivity contribution in [2.24, 2.45) is 0 Å². The molecule has 2 atom stereocenters. The van der Waals surface area contributed by atoms with Crippen molar-refractivity contribution in [1.29, 1.82) is 0 Å². The van der Waals surface area contributed by atoms with Gasteiger partial charge in [-0.1, -0.05) is 25.1 Å². The number of para-hydroxylation sites is 1. The Kier molecular flexibility index (Phi) is 9.59. The number of carbonyl (C=O) groups is 1. The zero-order valence-corrected chi connectivity index (χ0v) is 19.7. The Labute approximate surface area is 182 Å². The molecule has 170 valence electrons. The highest BCUT2D eigenvalue weighted by atomic mass is 16.5. The van der Waals surface area contributed by atoms with Gasteiger partial charge >= 0.3 is 0 Å². The minimum absolute atomic E-state index is 0.0545. The summed E-state index contributed by atoms with van der Waals surface area (Å²) in [4.78, 5) is 13.8. The van der Waals surface area contributed by atoms with Crippen LogP contribution in [0.2, 0.25) is 0 Å². The van der Waals surface area contributed by atoms with E-state index in [4.69, 9.17) is 9.47 Å². The van der Waals surface area contributed by atoms with Crippen molar-refractivity contribution < 1.29 is 24.5 Å². The van der Waals surface area contributed by atoms with Gasteiger partial charge in [0.25, 0.3) is 5.91 Å². The van der Waals surface area contributed by atoms with E-state index in [0.29, 0.717) is 13.1 Å². The molecule has 6 heteroatoms. The number of benzene rings is 1. The van der Waals surface area contributed by atoms with Crippen LogP contribution < -0.4 is 20.3 Å². The monoisotopic (exact) mass is 421 g/mol. The Morgan fingerprint density at radius 1 is 1.33 bits per heavy atom. The molecule has 0 unspecified atom stereocenters. The van der Waals surface area contributed by atoms with Gasteiger partial charge in [-0.3, -0.25) is 4.79 Å². The molecule has 4 N–H and O–H groups in total. The lowest BCUT2D eigenvalue weighted by Crippen LogP contribution is -3.06. The lowest BCUT2D eigenvalue weighted by molar-refractivity contribution is -0.860. The Morgan fingerprint density at radius 3 is 2.80 bits per heavy atom. The van der Waals surface area contributed by atoms with Gasteiger partial charge in [-0.15, -0.1) is 0 Å². The average molecular weight is 422 g/mol. The summed E-state index contributed by atoms with van der Waals surface area (Å²) in [5.41, 5.74) is 1.04. The minimum Gasteiger partial charge on any atom is -0.496 e. The fourth-order valence-electron chi connectivity index (χ4n) is 4.58. The number of rotatable bonds is 12. The maximum atomic E-state index is 12.3. The van der Waals surface area contributed by atoms with E-state index in [2.05, 4.69) is 50.7 Å². The zero-order chi connectivity index (χ0) is 22.0. The smallest absolute Gasteiger partial charge is 0.275 e. The normalized spacial score (nSPS) is 24.1. The van der Waals surface area contributed by atoms with Crippen molar-refractivity contribution >= 4 is 5.91 Å². The van der Waals surface area contributed by atoms with Gasteiger partial charge in [-0.05, 0) is 38.7 Å².